The van der Waals surface area contributed by atoms with Gasteiger partial charge in [0.25, 0.3) is 11.8 Å². The summed E-state index contributed by atoms with van der Waals surface area (Å²) in [7, 11) is 0. The molecule has 0 saturated carbocycles. The Morgan fingerprint density at radius 1 is 1.13 bits per heavy atom. The number of nitrogens with zero attached hydrogens (tertiary/aromatic N) is 1. The molecule has 3 rings (SSSR count). The molecule has 4 amide bonds. The van der Waals surface area contributed by atoms with Gasteiger partial charge in [0.2, 0.25) is 0 Å². The van der Waals surface area contributed by atoms with Crippen LogP contribution in [-0.2, 0) is 9.59 Å². The summed E-state index contributed by atoms with van der Waals surface area (Å²) in [5.41, 5.74) is 0.355. The van der Waals surface area contributed by atoms with Gasteiger partial charge in [-0.05, 0) is 68.8 Å². The third kappa shape index (κ3) is 4.93. The van der Waals surface area contributed by atoms with Gasteiger partial charge in [0.15, 0.2) is 11.5 Å². The number of carbonyl (C=O) groups excluding carboxylic acids is 3. The zero-order valence-electron chi connectivity index (χ0n) is 17.1. The Morgan fingerprint density at radius 3 is 2.42 bits per heavy atom. The molecule has 0 radical (unpaired) electrons. The first-order valence-electron chi connectivity index (χ1n) is 9.51. The van der Waals surface area contributed by atoms with Crippen molar-refractivity contribution >= 4 is 45.5 Å². The van der Waals surface area contributed by atoms with Crippen molar-refractivity contribution in [3.63, 3.8) is 0 Å². The van der Waals surface area contributed by atoms with Crippen molar-refractivity contribution in [2.24, 2.45) is 0 Å². The molecule has 2 aromatic rings. The zero-order chi connectivity index (χ0) is 22.7. The number of carbonyl (C=O) groups is 3. The lowest BCUT2D eigenvalue weighted by molar-refractivity contribution is -0.122. The summed E-state index contributed by atoms with van der Waals surface area (Å²) in [5, 5.41) is 2.13. The number of anilines is 1. The standard InChI is InChI=1S/C22H20BrFN2O5/c1-4-30-18-10-13(17(23)11-19(18)31-12(2)3)9-16-20(27)25-22(29)26(21(16)28)15-7-5-14(24)6-8-15/h5-12H,4H2,1-3H3,(H,25,27,29)/b16-9+. The zero-order valence-corrected chi connectivity index (χ0v) is 18.7. The van der Waals surface area contributed by atoms with Crippen LogP contribution in [0.2, 0.25) is 0 Å². The first-order chi connectivity index (χ1) is 14.7. The average Bonchev–Trinajstić information content (AvgIpc) is 2.69. The second-order valence-corrected chi connectivity index (χ2v) is 7.71. The molecule has 1 saturated heterocycles. The van der Waals surface area contributed by atoms with Crippen LogP contribution in [0.4, 0.5) is 14.9 Å². The summed E-state index contributed by atoms with van der Waals surface area (Å²) in [6.07, 6.45) is 1.27. The number of nitrogens with one attached hydrogen (secondary N) is 1. The fourth-order valence-electron chi connectivity index (χ4n) is 2.91. The number of amides is 4. The highest BCUT2D eigenvalue weighted by molar-refractivity contribution is 9.10. The van der Waals surface area contributed by atoms with Crippen molar-refractivity contribution in [1.29, 1.82) is 0 Å². The van der Waals surface area contributed by atoms with Gasteiger partial charge in [-0.2, -0.15) is 0 Å². The number of halogens is 2. The van der Waals surface area contributed by atoms with Gasteiger partial charge in [-0.1, -0.05) is 15.9 Å². The van der Waals surface area contributed by atoms with Crippen molar-refractivity contribution in [2.75, 3.05) is 11.5 Å². The van der Waals surface area contributed by atoms with E-state index >= 15 is 0 Å². The quantitative estimate of drug-likeness (QED) is 0.477. The van der Waals surface area contributed by atoms with Crippen molar-refractivity contribution < 1.29 is 28.2 Å². The molecule has 162 valence electrons. The summed E-state index contributed by atoms with van der Waals surface area (Å²) in [6.45, 7) is 5.97. The number of hydrogen-bond donors (Lipinski definition) is 1. The van der Waals surface area contributed by atoms with Gasteiger partial charge in [0.05, 0.1) is 18.4 Å². The molecular weight excluding hydrogens is 471 g/mol. The molecule has 1 aliphatic heterocycles. The minimum atomic E-state index is -0.909. The Kier molecular flexibility index (Phi) is 6.74. The first kappa shape index (κ1) is 22.5. The first-order valence-corrected chi connectivity index (χ1v) is 10.3. The average molecular weight is 491 g/mol. The highest BCUT2D eigenvalue weighted by atomic mass is 79.9. The fraction of sp³-hybridized carbons (Fsp3) is 0.227. The normalized spacial score (nSPS) is 15.5. The van der Waals surface area contributed by atoms with E-state index in [-0.39, 0.29) is 17.4 Å². The molecule has 0 atom stereocenters. The maximum atomic E-state index is 13.2. The third-order valence-corrected chi connectivity index (χ3v) is 4.90. The van der Waals surface area contributed by atoms with Gasteiger partial charge < -0.3 is 9.47 Å². The smallest absolute Gasteiger partial charge is 0.335 e. The topological polar surface area (TPSA) is 84.9 Å². The second-order valence-electron chi connectivity index (χ2n) is 6.85. The van der Waals surface area contributed by atoms with E-state index < -0.39 is 23.7 Å². The van der Waals surface area contributed by atoms with Crippen LogP contribution >= 0.6 is 15.9 Å². The highest BCUT2D eigenvalue weighted by Crippen LogP contribution is 2.36. The Hall–Kier alpha value is -3.20. The van der Waals surface area contributed by atoms with Crippen LogP contribution in [0.15, 0.2) is 46.4 Å². The molecule has 0 aliphatic carbocycles. The van der Waals surface area contributed by atoms with Crippen LogP contribution in [0.5, 0.6) is 11.5 Å². The molecule has 0 aromatic heterocycles. The van der Waals surface area contributed by atoms with E-state index in [2.05, 4.69) is 21.2 Å². The molecule has 1 fully saturated rings. The summed E-state index contributed by atoms with van der Waals surface area (Å²) in [6, 6.07) is 7.21. The van der Waals surface area contributed by atoms with E-state index in [4.69, 9.17) is 9.47 Å². The summed E-state index contributed by atoms with van der Waals surface area (Å²) >= 11 is 3.42. The Bertz CT molecular complexity index is 1070. The minimum absolute atomic E-state index is 0.0868. The van der Waals surface area contributed by atoms with E-state index in [1.807, 2.05) is 20.8 Å². The van der Waals surface area contributed by atoms with E-state index in [9.17, 15) is 18.8 Å². The van der Waals surface area contributed by atoms with E-state index in [1.165, 1.54) is 18.2 Å². The molecule has 2 aromatic carbocycles. The molecular formula is C22H20BrFN2O5. The van der Waals surface area contributed by atoms with Crippen LogP contribution in [-0.4, -0.2) is 30.6 Å². The number of barbiturate groups is 1. The summed E-state index contributed by atoms with van der Waals surface area (Å²) < 4.78 is 25.2. The van der Waals surface area contributed by atoms with Gasteiger partial charge in [-0.25, -0.2) is 14.1 Å². The number of rotatable bonds is 6. The van der Waals surface area contributed by atoms with E-state index in [1.54, 1.807) is 12.1 Å². The molecule has 1 heterocycles. The monoisotopic (exact) mass is 490 g/mol. The maximum Gasteiger partial charge on any atom is 0.335 e. The van der Waals surface area contributed by atoms with Crippen LogP contribution in [0, 0.1) is 5.82 Å². The van der Waals surface area contributed by atoms with Crippen molar-refractivity contribution in [3.8, 4) is 11.5 Å². The van der Waals surface area contributed by atoms with Gasteiger partial charge in [0, 0.05) is 4.47 Å². The number of urea groups is 1. The lowest BCUT2D eigenvalue weighted by Gasteiger charge is -2.26. The molecule has 0 spiro atoms. The summed E-state index contributed by atoms with van der Waals surface area (Å²) in [5.74, 6) is -1.22. The Labute approximate surface area is 186 Å². The molecule has 1 N–H and O–H groups in total. The number of imide groups is 2. The van der Waals surface area contributed by atoms with Gasteiger partial charge >= 0.3 is 6.03 Å². The Morgan fingerprint density at radius 2 is 1.81 bits per heavy atom. The molecule has 7 nitrogen and oxygen atoms in total. The van der Waals surface area contributed by atoms with E-state index in [0.717, 1.165) is 17.0 Å². The number of ether oxygens (including phenoxy) is 2. The molecule has 1 aliphatic rings. The van der Waals surface area contributed by atoms with Crippen LogP contribution < -0.4 is 19.7 Å². The van der Waals surface area contributed by atoms with E-state index in [0.29, 0.717) is 28.1 Å². The van der Waals surface area contributed by atoms with Crippen molar-refractivity contribution in [2.45, 2.75) is 26.9 Å². The number of hydrogen-bond acceptors (Lipinski definition) is 5. The maximum absolute atomic E-state index is 13.2. The predicted octanol–water partition coefficient (Wildman–Crippen LogP) is 4.44. The highest BCUT2D eigenvalue weighted by Gasteiger charge is 2.37. The lowest BCUT2D eigenvalue weighted by Crippen LogP contribution is -2.54. The molecule has 9 heteroatoms. The van der Waals surface area contributed by atoms with Crippen LogP contribution in [0.1, 0.15) is 26.3 Å². The fourth-order valence-corrected chi connectivity index (χ4v) is 3.35. The molecule has 0 unspecified atom stereocenters. The van der Waals surface area contributed by atoms with Crippen LogP contribution in [0.25, 0.3) is 6.08 Å². The van der Waals surface area contributed by atoms with Gasteiger partial charge in [-0.15, -0.1) is 0 Å². The Balaban J connectivity index is 2.03. The molecule has 0 bridgehead atoms. The SMILES string of the molecule is CCOc1cc(/C=C2\C(=O)NC(=O)N(c3ccc(F)cc3)C2=O)c(Br)cc1OC(C)C. The number of benzene rings is 2. The minimum Gasteiger partial charge on any atom is -0.490 e. The van der Waals surface area contributed by atoms with Crippen molar-refractivity contribution in [3.05, 3.63) is 57.8 Å². The predicted molar refractivity (Wildman–Crippen MR) is 116 cm³/mol. The van der Waals surface area contributed by atoms with Gasteiger partial charge in [0.1, 0.15) is 11.4 Å². The van der Waals surface area contributed by atoms with Gasteiger partial charge in [-0.3, -0.25) is 14.9 Å². The lowest BCUT2D eigenvalue weighted by atomic mass is 10.1. The van der Waals surface area contributed by atoms with Crippen LogP contribution in [0.3, 0.4) is 0 Å². The van der Waals surface area contributed by atoms with Crippen molar-refractivity contribution in [1.82, 2.24) is 5.32 Å². The summed E-state index contributed by atoms with van der Waals surface area (Å²) in [4.78, 5) is 38.4. The molecule has 31 heavy (non-hydrogen) atoms. The third-order valence-electron chi connectivity index (χ3n) is 4.21. The largest absolute Gasteiger partial charge is 0.490 e. The second kappa shape index (κ2) is 9.30.